The van der Waals surface area contributed by atoms with Crippen LogP contribution in [0.4, 0.5) is 0 Å². The van der Waals surface area contributed by atoms with Gasteiger partial charge in [-0.1, -0.05) is 0 Å². The molecule has 136 valence electrons. The molecular weight excluding hydrogens is 338 g/mol. The second kappa shape index (κ2) is 7.30. The van der Waals surface area contributed by atoms with Gasteiger partial charge in [0, 0.05) is 17.8 Å². The number of nitrogens with zero attached hydrogens (tertiary/aromatic N) is 3. The van der Waals surface area contributed by atoms with E-state index in [1.54, 1.807) is 35.8 Å². The van der Waals surface area contributed by atoms with Crippen molar-refractivity contribution < 1.29 is 23.7 Å². The SMILES string of the molecule is CCOC(=O)c1cnc2ccnn2c1-c1cc(OC)c(OC)c(OC)c1. The van der Waals surface area contributed by atoms with Gasteiger partial charge in [0.2, 0.25) is 5.75 Å². The van der Waals surface area contributed by atoms with Crippen LogP contribution in [0.3, 0.4) is 0 Å². The van der Waals surface area contributed by atoms with Crippen LogP contribution in [0.25, 0.3) is 16.9 Å². The Morgan fingerprint density at radius 3 is 2.38 bits per heavy atom. The molecule has 3 aromatic rings. The number of carbonyl (C=O) groups is 1. The zero-order chi connectivity index (χ0) is 18.7. The zero-order valence-corrected chi connectivity index (χ0v) is 15.0. The summed E-state index contributed by atoms with van der Waals surface area (Å²) in [4.78, 5) is 16.7. The normalized spacial score (nSPS) is 10.6. The fourth-order valence-corrected chi connectivity index (χ4v) is 2.73. The second-order valence-corrected chi connectivity index (χ2v) is 5.26. The monoisotopic (exact) mass is 357 g/mol. The minimum Gasteiger partial charge on any atom is -0.493 e. The van der Waals surface area contributed by atoms with E-state index in [1.807, 2.05) is 0 Å². The second-order valence-electron chi connectivity index (χ2n) is 5.26. The summed E-state index contributed by atoms with van der Waals surface area (Å²) in [5.74, 6) is 0.908. The van der Waals surface area contributed by atoms with E-state index in [9.17, 15) is 4.79 Å². The Bertz CT molecular complexity index is 926. The van der Waals surface area contributed by atoms with Gasteiger partial charge in [-0.3, -0.25) is 0 Å². The summed E-state index contributed by atoms with van der Waals surface area (Å²) < 4.78 is 22.9. The van der Waals surface area contributed by atoms with Gasteiger partial charge in [-0.15, -0.1) is 0 Å². The first-order valence-corrected chi connectivity index (χ1v) is 7.94. The highest BCUT2D eigenvalue weighted by atomic mass is 16.5. The summed E-state index contributed by atoms with van der Waals surface area (Å²) in [7, 11) is 4.59. The Morgan fingerprint density at radius 1 is 1.12 bits per heavy atom. The van der Waals surface area contributed by atoms with Crippen molar-refractivity contribution in [3.05, 3.63) is 36.2 Å². The van der Waals surface area contributed by atoms with E-state index in [4.69, 9.17) is 18.9 Å². The number of esters is 1. The first kappa shape index (κ1) is 17.5. The maximum atomic E-state index is 12.4. The number of fused-ring (bicyclic) bond motifs is 1. The average molecular weight is 357 g/mol. The molecule has 8 nitrogen and oxygen atoms in total. The quantitative estimate of drug-likeness (QED) is 0.627. The smallest absolute Gasteiger partial charge is 0.341 e. The molecule has 2 aromatic heterocycles. The van der Waals surface area contributed by atoms with Crippen molar-refractivity contribution in [2.45, 2.75) is 6.92 Å². The van der Waals surface area contributed by atoms with Gasteiger partial charge in [-0.25, -0.2) is 14.3 Å². The number of carbonyl (C=O) groups excluding carboxylic acids is 1. The lowest BCUT2D eigenvalue weighted by Crippen LogP contribution is -2.11. The number of ether oxygens (including phenoxy) is 4. The zero-order valence-electron chi connectivity index (χ0n) is 15.0. The maximum absolute atomic E-state index is 12.4. The molecule has 0 amide bonds. The van der Waals surface area contributed by atoms with Crippen molar-refractivity contribution in [1.29, 1.82) is 0 Å². The van der Waals surface area contributed by atoms with E-state index in [2.05, 4.69) is 10.1 Å². The van der Waals surface area contributed by atoms with E-state index >= 15 is 0 Å². The summed E-state index contributed by atoms with van der Waals surface area (Å²) in [6, 6.07) is 5.25. The topological polar surface area (TPSA) is 84.2 Å². The lowest BCUT2D eigenvalue weighted by Gasteiger charge is -2.16. The van der Waals surface area contributed by atoms with Crippen molar-refractivity contribution in [3.63, 3.8) is 0 Å². The van der Waals surface area contributed by atoms with Crippen LogP contribution in [0.5, 0.6) is 17.2 Å². The van der Waals surface area contributed by atoms with Gasteiger partial charge < -0.3 is 18.9 Å². The van der Waals surface area contributed by atoms with E-state index < -0.39 is 5.97 Å². The lowest BCUT2D eigenvalue weighted by atomic mass is 10.1. The Kier molecular flexibility index (Phi) is 4.92. The molecule has 0 saturated heterocycles. The average Bonchev–Trinajstić information content (AvgIpc) is 3.14. The molecule has 1 aromatic carbocycles. The molecule has 2 heterocycles. The first-order chi connectivity index (χ1) is 12.6. The minimum absolute atomic E-state index is 0.255. The third kappa shape index (κ3) is 2.90. The van der Waals surface area contributed by atoms with Crippen LogP contribution in [0.1, 0.15) is 17.3 Å². The number of benzene rings is 1. The van der Waals surface area contributed by atoms with Crippen molar-refractivity contribution in [1.82, 2.24) is 14.6 Å². The molecule has 3 rings (SSSR count). The summed E-state index contributed by atoms with van der Waals surface area (Å²) in [5, 5.41) is 4.29. The van der Waals surface area contributed by atoms with Crippen molar-refractivity contribution in [3.8, 4) is 28.5 Å². The minimum atomic E-state index is -0.485. The molecule has 0 bridgehead atoms. The van der Waals surface area contributed by atoms with Crippen LogP contribution in [-0.2, 0) is 4.74 Å². The highest BCUT2D eigenvalue weighted by molar-refractivity contribution is 5.96. The molecule has 0 spiro atoms. The molecule has 0 fully saturated rings. The summed E-state index contributed by atoms with van der Waals surface area (Å²) in [6.45, 7) is 2.00. The van der Waals surface area contributed by atoms with Gasteiger partial charge in [0.05, 0.1) is 39.8 Å². The molecule has 8 heteroatoms. The number of aromatic nitrogens is 3. The highest BCUT2D eigenvalue weighted by Gasteiger charge is 2.22. The standard InChI is InChI=1S/C18H19N3O5/c1-5-26-18(22)12-10-19-15-6-7-20-21(15)16(12)11-8-13(23-2)17(25-4)14(9-11)24-3/h6-10H,5H2,1-4H3. The molecule has 0 radical (unpaired) electrons. The maximum Gasteiger partial charge on any atom is 0.341 e. The van der Waals surface area contributed by atoms with E-state index in [-0.39, 0.29) is 12.2 Å². The third-order valence-electron chi connectivity index (χ3n) is 3.85. The first-order valence-electron chi connectivity index (χ1n) is 7.94. The van der Waals surface area contributed by atoms with Gasteiger partial charge in [0.25, 0.3) is 0 Å². The Labute approximate surface area is 150 Å². The summed E-state index contributed by atoms with van der Waals surface area (Å²) >= 11 is 0. The van der Waals surface area contributed by atoms with E-state index in [1.165, 1.54) is 27.5 Å². The largest absolute Gasteiger partial charge is 0.493 e. The molecular formula is C18H19N3O5. The Hall–Kier alpha value is -3.29. The number of methoxy groups -OCH3 is 3. The molecule has 0 N–H and O–H groups in total. The van der Waals surface area contributed by atoms with Gasteiger partial charge in [0.1, 0.15) is 5.56 Å². The van der Waals surface area contributed by atoms with Crippen LogP contribution >= 0.6 is 0 Å². The summed E-state index contributed by atoms with van der Waals surface area (Å²) in [5.41, 5.74) is 2.07. The molecule has 0 unspecified atom stereocenters. The van der Waals surface area contributed by atoms with E-state index in [0.29, 0.717) is 34.2 Å². The number of rotatable bonds is 6. The van der Waals surface area contributed by atoms with E-state index in [0.717, 1.165) is 0 Å². The molecule has 26 heavy (non-hydrogen) atoms. The molecule has 0 atom stereocenters. The van der Waals surface area contributed by atoms with Crippen LogP contribution in [0.2, 0.25) is 0 Å². The number of hydrogen-bond acceptors (Lipinski definition) is 7. The molecule has 0 aliphatic rings. The molecule has 0 saturated carbocycles. The van der Waals surface area contributed by atoms with Crippen molar-refractivity contribution in [2.24, 2.45) is 0 Å². The van der Waals surface area contributed by atoms with Crippen LogP contribution in [-0.4, -0.2) is 48.5 Å². The Balaban J connectivity index is 2.32. The fourth-order valence-electron chi connectivity index (χ4n) is 2.73. The van der Waals surface area contributed by atoms with Crippen LogP contribution in [0, 0.1) is 0 Å². The van der Waals surface area contributed by atoms with Gasteiger partial charge >= 0.3 is 5.97 Å². The highest BCUT2D eigenvalue weighted by Crippen LogP contribution is 2.41. The van der Waals surface area contributed by atoms with Gasteiger partial charge in [0.15, 0.2) is 17.1 Å². The predicted octanol–water partition coefficient (Wildman–Crippen LogP) is 2.60. The lowest BCUT2D eigenvalue weighted by molar-refractivity contribution is 0.0526. The predicted molar refractivity (Wildman–Crippen MR) is 94.0 cm³/mol. The van der Waals surface area contributed by atoms with Crippen molar-refractivity contribution in [2.75, 3.05) is 27.9 Å². The van der Waals surface area contributed by atoms with Crippen molar-refractivity contribution >= 4 is 11.6 Å². The molecule has 0 aliphatic carbocycles. The number of hydrogen-bond donors (Lipinski definition) is 0. The molecule has 0 aliphatic heterocycles. The Morgan fingerprint density at radius 2 is 1.81 bits per heavy atom. The van der Waals surface area contributed by atoms with Crippen LogP contribution < -0.4 is 14.2 Å². The summed E-state index contributed by atoms with van der Waals surface area (Å²) in [6.07, 6.45) is 3.09. The fraction of sp³-hybridized carbons (Fsp3) is 0.278. The third-order valence-corrected chi connectivity index (χ3v) is 3.85. The van der Waals surface area contributed by atoms with Gasteiger partial charge in [-0.2, -0.15) is 5.10 Å². The van der Waals surface area contributed by atoms with Gasteiger partial charge in [-0.05, 0) is 19.1 Å². The van der Waals surface area contributed by atoms with Crippen LogP contribution in [0.15, 0.2) is 30.6 Å².